The molecule has 0 unspecified atom stereocenters. The minimum atomic E-state index is -0.317. The zero-order chi connectivity index (χ0) is 10.7. The van der Waals surface area contributed by atoms with Gasteiger partial charge in [-0.3, -0.25) is 10.1 Å². The van der Waals surface area contributed by atoms with Crippen LogP contribution in [0.25, 0.3) is 0 Å². The number of nitrogens with zero attached hydrogens (tertiary/aromatic N) is 2. The molecule has 1 amide bonds. The quantitative estimate of drug-likeness (QED) is 0.802. The fraction of sp³-hybridized carbons (Fsp3) is 0.625. The number of aromatic nitrogens is 2. The van der Waals surface area contributed by atoms with E-state index in [2.05, 4.69) is 20.8 Å². The lowest BCUT2D eigenvalue weighted by Gasteiger charge is -2.28. The summed E-state index contributed by atoms with van der Waals surface area (Å²) in [5.41, 5.74) is 1.57. The fourth-order valence-corrected chi connectivity index (χ4v) is 1.89. The number of halogens is 1. The lowest BCUT2D eigenvalue weighted by molar-refractivity contribution is -0.123. The van der Waals surface area contributed by atoms with Gasteiger partial charge in [-0.15, -0.1) is 22.6 Å². The van der Waals surface area contributed by atoms with Crippen LogP contribution in [0.15, 0.2) is 5.51 Å². The first-order chi connectivity index (χ1) is 7.27. The molecule has 8 heteroatoms. The smallest absolute Gasteiger partial charge is 0.246 e. The average molecular weight is 265 g/mol. The monoisotopic (exact) mass is 264 g/mol. The lowest BCUT2D eigenvalue weighted by Crippen LogP contribution is -2.53. The molecular formula is C8H13ClN4O2S. The van der Waals surface area contributed by atoms with E-state index in [9.17, 15) is 4.79 Å². The van der Waals surface area contributed by atoms with Crippen LogP contribution in [0.5, 0.6) is 0 Å². The Labute approximate surface area is 103 Å². The molecule has 0 bridgehead atoms. The maximum absolute atomic E-state index is 11.8. The van der Waals surface area contributed by atoms with Crippen LogP contribution in [0.2, 0.25) is 0 Å². The summed E-state index contributed by atoms with van der Waals surface area (Å²) >= 11 is 1.29. The van der Waals surface area contributed by atoms with Crippen LogP contribution in [0.1, 0.15) is 6.92 Å². The summed E-state index contributed by atoms with van der Waals surface area (Å²) in [7, 11) is 0. The van der Waals surface area contributed by atoms with Crippen LogP contribution >= 0.6 is 23.7 Å². The first-order valence-electron chi connectivity index (χ1n) is 4.69. The van der Waals surface area contributed by atoms with Crippen molar-refractivity contribution in [2.75, 3.05) is 18.5 Å². The highest BCUT2D eigenvalue weighted by molar-refractivity contribution is 7.13. The van der Waals surface area contributed by atoms with Gasteiger partial charge in [-0.05, 0) is 6.92 Å². The van der Waals surface area contributed by atoms with Crippen LogP contribution in [-0.4, -0.2) is 41.4 Å². The Hall–Kier alpha value is -0.760. The van der Waals surface area contributed by atoms with Gasteiger partial charge in [-0.2, -0.15) is 0 Å². The van der Waals surface area contributed by atoms with Crippen LogP contribution in [0.4, 0.5) is 5.13 Å². The van der Waals surface area contributed by atoms with Gasteiger partial charge in [0.25, 0.3) is 0 Å². The zero-order valence-corrected chi connectivity index (χ0v) is 10.3. The van der Waals surface area contributed by atoms with E-state index in [0.717, 1.165) is 0 Å². The van der Waals surface area contributed by atoms with E-state index in [1.807, 2.05) is 6.92 Å². The molecule has 0 spiro atoms. The van der Waals surface area contributed by atoms with Crippen LogP contribution < -0.4 is 10.6 Å². The Morgan fingerprint density at radius 1 is 1.75 bits per heavy atom. The second-order valence-corrected chi connectivity index (χ2v) is 4.07. The van der Waals surface area contributed by atoms with Gasteiger partial charge in [0.2, 0.25) is 11.0 Å². The highest BCUT2D eigenvalue weighted by Gasteiger charge is 2.28. The van der Waals surface area contributed by atoms with Gasteiger partial charge in [0.05, 0.1) is 12.7 Å². The molecule has 90 valence electrons. The third-order valence-corrected chi connectivity index (χ3v) is 2.80. The molecule has 0 radical (unpaired) electrons. The molecule has 0 aromatic carbocycles. The Morgan fingerprint density at radius 3 is 3.19 bits per heavy atom. The van der Waals surface area contributed by atoms with E-state index < -0.39 is 0 Å². The van der Waals surface area contributed by atoms with E-state index in [1.54, 1.807) is 5.51 Å². The summed E-state index contributed by atoms with van der Waals surface area (Å²) in [6, 6.07) is -0.317. The van der Waals surface area contributed by atoms with E-state index in [-0.39, 0.29) is 30.5 Å². The van der Waals surface area contributed by atoms with E-state index in [4.69, 9.17) is 4.74 Å². The van der Waals surface area contributed by atoms with Crippen molar-refractivity contribution in [1.82, 2.24) is 15.5 Å². The molecule has 2 heterocycles. The third kappa shape index (κ3) is 3.11. The minimum Gasteiger partial charge on any atom is -0.375 e. The molecule has 1 aliphatic heterocycles. The predicted molar refractivity (Wildman–Crippen MR) is 63.0 cm³/mol. The van der Waals surface area contributed by atoms with Gasteiger partial charge in [0, 0.05) is 6.54 Å². The SMILES string of the molecule is C[C@H]1OCCN[C@@H]1C(=O)Nc1nncs1.Cl. The summed E-state index contributed by atoms with van der Waals surface area (Å²) in [5, 5.41) is 13.7. The fourth-order valence-electron chi connectivity index (χ4n) is 1.44. The van der Waals surface area contributed by atoms with Crippen molar-refractivity contribution in [1.29, 1.82) is 0 Å². The molecule has 0 saturated carbocycles. The van der Waals surface area contributed by atoms with Gasteiger partial charge in [-0.1, -0.05) is 11.3 Å². The Balaban J connectivity index is 0.00000128. The molecule has 1 aromatic heterocycles. The standard InChI is InChI=1S/C8H12N4O2S.ClH/c1-5-6(9-2-3-14-5)7(13)11-8-12-10-4-15-8;/h4-6,9H,2-3H2,1H3,(H,11,12,13);1H/t5-,6+;/m1./s1. The minimum absolute atomic E-state index is 0. The Bertz CT molecular complexity index is 335. The molecule has 1 aliphatic rings. The number of ether oxygens (including phenoxy) is 1. The van der Waals surface area contributed by atoms with Crippen molar-refractivity contribution in [2.24, 2.45) is 0 Å². The second-order valence-electron chi connectivity index (χ2n) is 3.24. The molecule has 16 heavy (non-hydrogen) atoms. The Morgan fingerprint density at radius 2 is 2.56 bits per heavy atom. The van der Waals surface area contributed by atoms with E-state index >= 15 is 0 Å². The predicted octanol–water partition coefficient (Wildman–Crippen LogP) is 0.275. The molecule has 0 aliphatic carbocycles. The largest absolute Gasteiger partial charge is 0.375 e. The number of rotatable bonds is 2. The van der Waals surface area contributed by atoms with Crippen molar-refractivity contribution in [3.63, 3.8) is 0 Å². The van der Waals surface area contributed by atoms with E-state index in [0.29, 0.717) is 18.3 Å². The second kappa shape index (κ2) is 6.09. The number of carbonyl (C=O) groups is 1. The van der Waals surface area contributed by atoms with Crippen LogP contribution in [-0.2, 0) is 9.53 Å². The summed E-state index contributed by atoms with van der Waals surface area (Å²) in [6.07, 6.45) is -0.119. The Kier molecular flexibility index (Phi) is 5.07. The maximum atomic E-state index is 11.8. The molecule has 1 aromatic rings. The molecular weight excluding hydrogens is 252 g/mol. The number of anilines is 1. The highest BCUT2D eigenvalue weighted by Crippen LogP contribution is 2.11. The lowest BCUT2D eigenvalue weighted by atomic mass is 10.1. The summed E-state index contributed by atoms with van der Waals surface area (Å²) in [4.78, 5) is 11.8. The maximum Gasteiger partial charge on any atom is 0.246 e. The van der Waals surface area contributed by atoms with Gasteiger partial charge >= 0.3 is 0 Å². The van der Waals surface area contributed by atoms with Crippen molar-refractivity contribution >= 4 is 34.8 Å². The number of carbonyl (C=O) groups excluding carboxylic acids is 1. The average Bonchev–Trinajstić information content (AvgIpc) is 2.71. The first kappa shape index (κ1) is 13.3. The number of hydrogen-bond acceptors (Lipinski definition) is 6. The first-order valence-corrected chi connectivity index (χ1v) is 5.57. The highest BCUT2D eigenvalue weighted by atomic mass is 35.5. The van der Waals surface area contributed by atoms with Gasteiger partial charge < -0.3 is 10.1 Å². The van der Waals surface area contributed by atoms with Crippen molar-refractivity contribution < 1.29 is 9.53 Å². The molecule has 2 atom stereocenters. The summed E-state index contributed by atoms with van der Waals surface area (Å²) in [5.74, 6) is -0.126. The topological polar surface area (TPSA) is 76.1 Å². The number of nitrogens with one attached hydrogen (secondary N) is 2. The van der Waals surface area contributed by atoms with Crippen LogP contribution in [0, 0.1) is 0 Å². The molecule has 2 rings (SSSR count). The van der Waals surface area contributed by atoms with E-state index in [1.165, 1.54) is 11.3 Å². The van der Waals surface area contributed by atoms with Gasteiger partial charge in [-0.25, -0.2) is 0 Å². The number of morpholine rings is 1. The normalized spacial score (nSPS) is 24.6. The number of hydrogen-bond donors (Lipinski definition) is 2. The summed E-state index contributed by atoms with van der Waals surface area (Å²) < 4.78 is 5.37. The van der Waals surface area contributed by atoms with Gasteiger partial charge in [0.1, 0.15) is 11.6 Å². The molecule has 1 fully saturated rings. The van der Waals surface area contributed by atoms with Crippen LogP contribution in [0.3, 0.4) is 0 Å². The van der Waals surface area contributed by atoms with Crippen molar-refractivity contribution in [2.45, 2.75) is 19.1 Å². The van der Waals surface area contributed by atoms with Gasteiger partial charge in [0.15, 0.2) is 0 Å². The third-order valence-electron chi connectivity index (χ3n) is 2.19. The van der Waals surface area contributed by atoms with Crippen molar-refractivity contribution in [3.8, 4) is 0 Å². The number of amides is 1. The van der Waals surface area contributed by atoms with Crippen molar-refractivity contribution in [3.05, 3.63) is 5.51 Å². The summed E-state index contributed by atoms with van der Waals surface area (Å²) in [6.45, 7) is 3.21. The molecule has 6 nitrogen and oxygen atoms in total. The molecule has 1 saturated heterocycles. The molecule has 2 N–H and O–H groups in total. The zero-order valence-electron chi connectivity index (χ0n) is 8.67.